The molecule has 2 aromatic rings. The molecule has 0 bridgehead atoms. The SMILES string of the molecule is CC(C)N1c2nc(Nc3ccc(C(=O)NC4CCC(N5CCN(CC6CC6)CC5)CC4)c4c3OCC4)ncc2N(C)C(=O)[C@@H]1I. The summed E-state index contributed by atoms with van der Waals surface area (Å²) in [5, 5.41) is 6.68. The molecule has 7 rings (SSSR count). The van der Waals surface area contributed by atoms with Gasteiger partial charge in [-0.15, -0.1) is 0 Å². The first-order chi connectivity index (χ1) is 21.8. The van der Waals surface area contributed by atoms with Crippen LogP contribution >= 0.6 is 22.6 Å². The number of piperazine rings is 1. The van der Waals surface area contributed by atoms with Crippen molar-refractivity contribution in [2.75, 3.05) is 61.5 Å². The Labute approximate surface area is 279 Å². The summed E-state index contributed by atoms with van der Waals surface area (Å²) in [5.41, 5.74) is 3.03. The van der Waals surface area contributed by atoms with Crippen molar-refractivity contribution in [3.8, 4) is 5.75 Å². The summed E-state index contributed by atoms with van der Waals surface area (Å²) in [6, 6.07) is 4.72. The van der Waals surface area contributed by atoms with Crippen LogP contribution in [0.25, 0.3) is 0 Å². The Hall–Kier alpha value is -2.71. The highest BCUT2D eigenvalue weighted by atomic mass is 127. The Morgan fingerprint density at radius 1 is 1.09 bits per heavy atom. The molecule has 1 atom stereocenters. The number of benzene rings is 1. The second-order valence-electron chi connectivity index (χ2n) is 13.6. The van der Waals surface area contributed by atoms with E-state index in [9.17, 15) is 9.59 Å². The number of carbonyl (C=O) groups excluding carboxylic acids is 2. The van der Waals surface area contributed by atoms with Crippen LogP contribution in [-0.4, -0.2) is 100 Å². The molecule has 11 nitrogen and oxygen atoms in total. The standard InChI is InChI=1S/C33H45IN8O3/c1-20(2)42-29(34)32(44)39(3)27-18-35-33(38-30(27)42)37-26-11-10-25(24-12-17-45-28(24)26)31(43)36-22-6-8-23(9-7-22)41-15-13-40(14-16-41)19-21-4-5-21/h10-11,18,20-23,29H,4-9,12-17,19H2,1-3H3,(H,36,43)(H,35,37,38)/t22?,23?,29-/m1/s1. The van der Waals surface area contributed by atoms with E-state index in [0.717, 1.165) is 42.9 Å². The van der Waals surface area contributed by atoms with Gasteiger partial charge in [0.15, 0.2) is 9.87 Å². The molecule has 1 aromatic carbocycles. The first-order valence-corrected chi connectivity index (χ1v) is 17.9. The maximum absolute atomic E-state index is 13.5. The number of anilines is 4. The Morgan fingerprint density at radius 2 is 1.84 bits per heavy atom. The average Bonchev–Trinajstić information content (AvgIpc) is 3.71. The van der Waals surface area contributed by atoms with Crippen LogP contribution < -0.4 is 25.2 Å². The van der Waals surface area contributed by atoms with Gasteiger partial charge in [0.2, 0.25) is 5.95 Å². The molecule has 0 unspecified atom stereocenters. The van der Waals surface area contributed by atoms with E-state index >= 15 is 0 Å². The predicted octanol–water partition coefficient (Wildman–Crippen LogP) is 4.18. The number of likely N-dealkylation sites (N-methyl/N-ethyl adjacent to an activating group) is 1. The second kappa shape index (κ2) is 12.8. The van der Waals surface area contributed by atoms with Crippen LogP contribution in [0.1, 0.15) is 68.3 Å². The lowest BCUT2D eigenvalue weighted by Crippen LogP contribution is -2.52. The molecule has 1 saturated heterocycles. The number of hydrogen-bond acceptors (Lipinski definition) is 9. The summed E-state index contributed by atoms with van der Waals surface area (Å²) in [6.45, 7) is 10.7. The lowest BCUT2D eigenvalue weighted by Gasteiger charge is -2.42. The normalized spacial score (nSPS) is 25.6. The third-order valence-electron chi connectivity index (χ3n) is 10.2. The molecule has 242 valence electrons. The molecule has 5 aliphatic rings. The number of aromatic nitrogens is 2. The summed E-state index contributed by atoms with van der Waals surface area (Å²) in [4.78, 5) is 44.7. The maximum Gasteiger partial charge on any atom is 0.259 e. The van der Waals surface area contributed by atoms with Crippen molar-refractivity contribution in [3.05, 3.63) is 29.5 Å². The number of nitrogens with one attached hydrogen (secondary N) is 2. The van der Waals surface area contributed by atoms with Gasteiger partial charge in [0, 0.05) is 75.4 Å². The van der Waals surface area contributed by atoms with E-state index in [2.05, 4.69) is 61.9 Å². The van der Waals surface area contributed by atoms with Crippen molar-refractivity contribution in [1.29, 1.82) is 0 Å². The summed E-state index contributed by atoms with van der Waals surface area (Å²) < 4.78 is 5.69. The minimum Gasteiger partial charge on any atom is -0.491 e. The van der Waals surface area contributed by atoms with Gasteiger partial charge in [0.05, 0.1) is 18.5 Å². The van der Waals surface area contributed by atoms with E-state index in [4.69, 9.17) is 9.72 Å². The van der Waals surface area contributed by atoms with Gasteiger partial charge >= 0.3 is 0 Å². The third kappa shape index (κ3) is 6.34. The van der Waals surface area contributed by atoms with Crippen LogP contribution in [0.4, 0.5) is 23.1 Å². The van der Waals surface area contributed by atoms with Crippen LogP contribution in [-0.2, 0) is 11.2 Å². The lowest BCUT2D eigenvalue weighted by molar-refractivity contribution is -0.117. The predicted molar refractivity (Wildman–Crippen MR) is 184 cm³/mol. The Balaban J connectivity index is 0.985. The number of rotatable bonds is 8. The van der Waals surface area contributed by atoms with Gasteiger partial charge in [-0.25, -0.2) is 4.98 Å². The molecule has 12 heteroatoms. The molecular weight excluding hydrogens is 683 g/mol. The number of amides is 2. The van der Waals surface area contributed by atoms with Crippen molar-refractivity contribution in [2.45, 2.75) is 81.0 Å². The molecule has 0 radical (unpaired) electrons. The minimum atomic E-state index is -0.351. The first-order valence-electron chi connectivity index (χ1n) is 16.7. The fourth-order valence-corrected chi connectivity index (χ4v) is 8.74. The third-order valence-corrected chi connectivity index (χ3v) is 11.3. The quantitative estimate of drug-likeness (QED) is 0.236. The number of ether oxygens (including phenoxy) is 1. The summed E-state index contributed by atoms with van der Waals surface area (Å²) >= 11 is 2.17. The average molecular weight is 729 g/mol. The number of alkyl halides is 1. The van der Waals surface area contributed by atoms with E-state index in [0.29, 0.717) is 47.8 Å². The van der Waals surface area contributed by atoms with Crippen molar-refractivity contribution in [2.24, 2.45) is 5.92 Å². The van der Waals surface area contributed by atoms with Crippen molar-refractivity contribution in [3.63, 3.8) is 0 Å². The van der Waals surface area contributed by atoms with Crippen molar-refractivity contribution < 1.29 is 14.3 Å². The smallest absolute Gasteiger partial charge is 0.259 e. The molecule has 2 aliphatic carbocycles. The monoisotopic (exact) mass is 728 g/mol. The Kier molecular flexibility index (Phi) is 8.81. The fraction of sp³-hybridized carbons (Fsp3) is 0.636. The molecular formula is C33H45IN8O3. The van der Waals surface area contributed by atoms with Gasteiger partial charge in [-0.2, -0.15) is 4.98 Å². The zero-order valence-electron chi connectivity index (χ0n) is 26.6. The van der Waals surface area contributed by atoms with Gasteiger partial charge in [-0.1, -0.05) is 0 Å². The molecule has 3 fully saturated rings. The summed E-state index contributed by atoms with van der Waals surface area (Å²) in [7, 11) is 1.76. The highest BCUT2D eigenvalue weighted by molar-refractivity contribution is 14.1. The maximum atomic E-state index is 13.5. The zero-order valence-corrected chi connectivity index (χ0v) is 28.8. The van der Waals surface area contributed by atoms with Crippen LogP contribution in [0.15, 0.2) is 18.3 Å². The molecule has 0 spiro atoms. The Bertz CT molecular complexity index is 1440. The van der Waals surface area contributed by atoms with E-state index < -0.39 is 0 Å². The van der Waals surface area contributed by atoms with Crippen LogP contribution in [0.3, 0.4) is 0 Å². The molecule has 2 N–H and O–H groups in total. The fourth-order valence-electron chi connectivity index (χ4n) is 7.42. The van der Waals surface area contributed by atoms with Crippen LogP contribution in [0, 0.1) is 5.92 Å². The number of hydrogen-bond donors (Lipinski definition) is 2. The topological polar surface area (TPSA) is 106 Å². The van der Waals surface area contributed by atoms with E-state index in [1.807, 2.05) is 17.0 Å². The number of nitrogens with zero attached hydrogens (tertiary/aromatic N) is 6. The molecule has 2 saturated carbocycles. The van der Waals surface area contributed by atoms with E-state index in [1.54, 1.807) is 18.1 Å². The molecule has 2 amide bonds. The van der Waals surface area contributed by atoms with Crippen molar-refractivity contribution >= 4 is 57.5 Å². The van der Waals surface area contributed by atoms with Gasteiger partial charge < -0.3 is 30.1 Å². The van der Waals surface area contributed by atoms with Crippen molar-refractivity contribution in [1.82, 2.24) is 25.1 Å². The van der Waals surface area contributed by atoms with E-state index in [-0.39, 0.29) is 27.9 Å². The number of carbonyl (C=O) groups is 2. The van der Waals surface area contributed by atoms with Gasteiger partial charge in [-0.3, -0.25) is 14.5 Å². The molecule has 1 aromatic heterocycles. The largest absolute Gasteiger partial charge is 0.491 e. The highest BCUT2D eigenvalue weighted by Gasteiger charge is 2.38. The van der Waals surface area contributed by atoms with Gasteiger partial charge in [0.1, 0.15) is 11.4 Å². The van der Waals surface area contributed by atoms with E-state index in [1.165, 1.54) is 45.6 Å². The number of fused-ring (bicyclic) bond motifs is 2. The second-order valence-corrected chi connectivity index (χ2v) is 14.8. The van der Waals surface area contributed by atoms with Crippen LogP contribution in [0.2, 0.25) is 0 Å². The molecule has 45 heavy (non-hydrogen) atoms. The molecule has 4 heterocycles. The zero-order chi connectivity index (χ0) is 31.2. The summed E-state index contributed by atoms with van der Waals surface area (Å²) in [5.74, 6) is 2.78. The number of halogens is 1. The van der Waals surface area contributed by atoms with Gasteiger partial charge in [0.25, 0.3) is 11.8 Å². The van der Waals surface area contributed by atoms with Gasteiger partial charge in [-0.05, 0) is 93.0 Å². The highest BCUT2D eigenvalue weighted by Crippen LogP contribution is 2.40. The van der Waals surface area contributed by atoms with Crippen LogP contribution in [0.5, 0.6) is 5.75 Å². The summed E-state index contributed by atoms with van der Waals surface area (Å²) in [6.07, 6.45) is 9.57. The Morgan fingerprint density at radius 3 is 2.56 bits per heavy atom. The lowest BCUT2D eigenvalue weighted by atomic mass is 9.89. The first kappa shape index (κ1) is 30.9. The minimum absolute atomic E-state index is 0.00620. The molecule has 3 aliphatic heterocycles.